The van der Waals surface area contributed by atoms with Gasteiger partial charge in [0.05, 0.1) is 19.3 Å². The van der Waals surface area contributed by atoms with Crippen LogP contribution in [0.1, 0.15) is 63.9 Å². The van der Waals surface area contributed by atoms with Crippen LogP contribution in [0.15, 0.2) is 24.3 Å². The van der Waals surface area contributed by atoms with Crippen molar-refractivity contribution < 1.29 is 44.9 Å². The molecule has 2 aliphatic rings. The number of hydrogen-bond acceptors (Lipinski definition) is 3. The van der Waals surface area contributed by atoms with E-state index >= 15 is 0 Å². The third kappa shape index (κ3) is 6.55. The molecule has 4 rings (SSSR count). The number of ether oxygens (including phenoxy) is 3. The molecule has 2 fully saturated rings. The van der Waals surface area contributed by atoms with Gasteiger partial charge < -0.3 is 14.2 Å². The second-order valence-electron chi connectivity index (χ2n) is 10.2. The summed E-state index contributed by atoms with van der Waals surface area (Å²) in [5.41, 5.74) is -1.50. The fourth-order valence-electron chi connectivity index (χ4n) is 5.44. The Labute approximate surface area is 217 Å². The van der Waals surface area contributed by atoms with Crippen LogP contribution < -0.4 is 9.47 Å². The zero-order valence-electron chi connectivity index (χ0n) is 21.1. The minimum absolute atomic E-state index is 0.114. The smallest absolute Gasteiger partial charge is 0.429 e. The lowest BCUT2D eigenvalue weighted by atomic mass is 9.74. The molecule has 2 aromatic carbocycles. The Morgan fingerprint density at radius 1 is 0.842 bits per heavy atom. The zero-order chi connectivity index (χ0) is 27.4. The molecule has 2 aromatic rings. The molecule has 1 aliphatic heterocycles. The van der Waals surface area contributed by atoms with Gasteiger partial charge in [-0.2, -0.15) is 13.2 Å². The second-order valence-corrected chi connectivity index (χ2v) is 10.2. The van der Waals surface area contributed by atoms with Gasteiger partial charge in [-0.1, -0.05) is 13.3 Å². The van der Waals surface area contributed by atoms with E-state index in [4.69, 9.17) is 9.47 Å². The average Bonchev–Trinajstić information content (AvgIpc) is 2.88. The van der Waals surface area contributed by atoms with E-state index in [9.17, 15) is 30.7 Å². The first-order chi connectivity index (χ1) is 18.1. The maximum atomic E-state index is 14.6. The molecule has 0 aromatic heterocycles. The quantitative estimate of drug-likeness (QED) is 0.233. The minimum Gasteiger partial charge on any atom is -0.490 e. The van der Waals surface area contributed by atoms with Crippen LogP contribution in [0.25, 0.3) is 0 Å². The molecule has 2 atom stereocenters. The van der Waals surface area contributed by atoms with Gasteiger partial charge >= 0.3 is 6.11 Å². The van der Waals surface area contributed by atoms with E-state index in [1.165, 1.54) is 0 Å². The molecule has 1 heterocycles. The highest BCUT2D eigenvalue weighted by molar-refractivity contribution is 5.34. The van der Waals surface area contributed by atoms with E-state index in [0.717, 1.165) is 64.0 Å². The van der Waals surface area contributed by atoms with Crippen LogP contribution in [-0.2, 0) is 10.8 Å². The Kier molecular flexibility index (Phi) is 9.11. The van der Waals surface area contributed by atoms with Gasteiger partial charge in [0.15, 0.2) is 29.0 Å². The molecule has 3 nitrogen and oxygen atoms in total. The molecule has 38 heavy (non-hydrogen) atoms. The van der Waals surface area contributed by atoms with Crippen molar-refractivity contribution in [3.05, 3.63) is 58.9 Å². The van der Waals surface area contributed by atoms with Crippen molar-refractivity contribution in [1.82, 2.24) is 0 Å². The molecule has 2 unspecified atom stereocenters. The van der Waals surface area contributed by atoms with Crippen LogP contribution in [0.5, 0.6) is 11.5 Å². The predicted octanol–water partition coefficient (Wildman–Crippen LogP) is 8.29. The van der Waals surface area contributed by atoms with E-state index in [0.29, 0.717) is 24.0 Å². The molecular weight excluding hydrogens is 517 g/mol. The minimum atomic E-state index is -4.50. The lowest BCUT2D eigenvalue weighted by Crippen LogP contribution is -2.33. The molecule has 0 radical (unpaired) electrons. The Hall–Kier alpha value is -2.49. The summed E-state index contributed by atoms with van der Waals surface area (Å²) in [5, 5.41) is 0. The van der Waals surface area contributed by atoms with E-state index in [1.807, 2.05) is 0 Å². The summed E-state index contributed by atoms with van der Waals surface area (Å²) in [4.78, 5) is 0. The molecule has 1 aliphatic carbocycles. The van der Waals surface area contributed by atoms with E-state index < -0.39 is 52.3 Å². The Bertz CT molecular complexity index is 1070. The first-order valence-corrected chi connectivity index (χ1v) is 13.0. The van der Waals surface area contributed by atoms with E-state index in [1.54, 1.807) is 0 Å². The van der Waals surface area contributed by atoms with Gasteiger partial charge in [-0.05, 0) is 74.8 Å². The van der Waals surface area contributed by atoms with Gasteiger partial charge in [0.25, 0.3) is 0 Å². The van der Waals surface area contributed by atoms with Crippen molar-refractivity contribution in [3.63, 3.8) is 0 Å². The van der Waals surface area contributed by atoms with Crippen molar-refractivity contribution >= 4 is 0 Å². The van der Waals surface area contributed by atoms with Crippen LogP contribution in [0.2, 0.25) is 0 Å². The first-order valence-electron chi connectivity index (χ1n) is 13.0. The molecule has 0 amide bonds. The largest absolute Gasteiger partial charge is 0.490 e. The zero-order valence-corrected chi connectivity index (χ0v) is 21.1. The van der Waals surface area contributed by atoms with Gasteiger partial charge in [-0.15, -0.1) is 0 Å². The Morgan fingerprint density at radius 2 is 1.50 bits per heavy atom. The van der Waals surface area contributed by atoms with Gasteiger partial charge in [0.1, 0.15) is 11.3 Å². The fourth-order valence-corrected chi connectivity index (χ4v) is 5.44. The van der Waals surface area contributed by atoms with Crippen LogP contribution in [0, 0.1) is 46.8 Å². The first kappa shape index (κ1) is 28.5. The molecule has 0 spiro atoms. The normalized spacial score (nSPS) is 24.3. The van der Waals surface area contributed by atoms with Crippen molar-refractivity contribution in [2.24, 2.45) is 17.8 Å². The third-order valence-electron chi connectivity index (χ3n) is 7.61. The lowest BCUT2D eigenvalue weighted by molar-refractivity contribution is -0.188. The summed E-state index contributed by atoms with van der Waals surface area (Å²) in [6.45, 7) is 3.05. The third-order valence-corrected chi connectivity index (χ3v) is 7.61. The van der Waals surface area contributed by atoms with Crippen LogP contribution in [-0.4, -0.2) is 19.3 Å². The summed E-state index contributed by atoms with van der Waals surface area (Å²) < 4.78 is 113. The maximum absolute atomic E-state index is 14.6. The van der Waals surface area contributed by atoms with Crippen molar-refractivity contribution in [2.45, 2.75) is 70.5 Å². The number of rotatable bonds is 9. The lowest BCUT2D eigenvalue weighted by Gasteiger charge is -2.37. The summed E-state index contributed by atoms with van der Waals surface area (Å²) >= 11 is 0. The number of hydrogen-bond donors (Lipinski definition) is 0. The van der Waals surface area contributed by atoms with Gasteiger partial charge in [0.2, 0.25) is 5.82 Å². The molecule has 1 saturated heterocycles. The van der Waals surface area contributed by atoms with Crippen molar-refractivity contribution in [1.29, 1.82) is 0 Å². The fraction of sp³-hybridized carbons (Fsp3) is 0.571. The van der Waals surface area contributed by atoms with E-state index in [2.05, 4.69) is 11.7 Å². The summed E-state index contributed by atoms with van der Waals surface area (Å²) in [7, 11) is 0. The summed E-state index contributed by atoms with van der Waals surface area (Å²) in [6, 6.07) is 1.79. The second kappa shape index (κ2) is 12.1. The Balaban J connectivity index is 1.31. The topological polar surface area (TPSA) is 27.7 Å². The standard InChI is InChI=1S/C28H31F7O3/c1-2-3-19-9-8-18(15-36-19)17-6-4-16(5-7-17)14-37-24-11-10-21(25(31)27(24)33)28(34,35)38-20-12-22(29)26(32)23(30)13-20/h10-13,16-19H,2-9,14-15H2,1H3. The maximum Gasteiger partial charge on any atom is 0.429 e. The van der Waals surface area contributed by atoms with Gasteiger partial charge in [-0.3, -0.25) is 0 Å². The Morgan fingerprint density at radius 3 is 2.11 bits per heavy atom. The predicted molar refractivity (Wildman–Crippen MR) is 126 cm³/mol. The molecule has 0 bridgehead atoms. The van der Waals surface area contributed by atoms with E-state index in [-0.39, 0.29) is 24.7 Å². The van der Waals surface area contributed by atoms with Crippen molar-refractivity contribution in [3.8, 4) is 11.5 Å². The molecule has 1 saturated carbocycles. The number of benzene rings is 2. The molecule has 210 valence electrons. The van der Waals surface area contributed by atoms with Gasteiger partial charge in [0, 0.05) is 12.1 Å². The highest BCUT2D eigenvalue weighted by Gasteiger charge is 2.40. The van der Waals surface area contributed by atoms with Crippen molar-refractivity contribution in [2.75, 3.05) is 13.2 Å². The molecule has 0 N–H and O–H groups in total. The summed E-state index contributed by atoms with van der Waals surface area (Å²) in [5.74, 6) is -9.36. The molecule has 10 heteroatoms. The highest BCUT2D eigenvalue weighted by Crippen LogP contribution is 2.40. The SMILES string of the molecule is CCCC1CCC(C2CCC(COc3ccc(C(F)(F)Oc4cc(F)c(F)c(F)c4)c(F)c3F)CC2)CO1. The number of alkyl halides is 2. The molecular formula is C28H31F7O3. The monoisotopic (exact) mass is 548 g/mol. The van der Waals surface area contributed by atoms with Gasteiger partial charge in [-0.25, -0.2) is 17.6 Å². The van der Waals surface area contributed by atoms with Crippen LogP contribution in [0.4, 0.5) is 30.7 Å². The van der Waals surface area contributed by atoms with Crippen LogP contribution >= 0.6 is 0 Å². The highest BCUT2D eigenvalue weighted by atomic mass is 19.3. The van der Waals surface area contributed by atoms with Crippen LogP contribution in [0.3, 0.4) is 0 Å². The number of halogens is 7. The average molecular weight is 549 g/mol. The summed E-state index contributed by atoms with van der Waals surface area (Å²) in [6.07, 6.45) is 4.01.